The van der Waals surface area contributed by atoms with E-state index in [1.54, 1.807) is 0 Å². The molecule has 27 heavy (non-hydrogen) atoms. The number of aromatic nitrogens is 2. The Labute approximate surface area is 163 Å². The number of aliphatic imine (C=N–C) groups is 1. The topological polar surface area (TPSA) is 72.7 Å². The normalized spacial score (nSPS) is 18.7. The first-order valence-electron chi connectivity index (χ1n) is 10.2. The molecule has 0 bridgehead atoms. The van der Waals surface area contributed by atoms with Gasteiger partial charge in [-0.15, -0.1) is 0 Å². The molecule has 0 radical (unpaired) electrons. The van der Waals surface area contributed by atoms with Crippen molar-refractivity contribution >= 4 is 5.96 Å². The molecule has 0 amide bonds. The van der Waals surface area contributed by atoms with Gasteiger partial charge in [0.1, 0.15) is 0 Å². The lowest BCUT2D eigenvalue weighted by molar-refractivity contribution is 0.0893. The van der Waals surface area contributed by atoms with Crippen LogP contribution in [0.25, 0.3) is 0 Å². The molecule has 7 heteroatoms. The smallest absolute Gasteiger partial charge is 0.191 e. The number of nitrogens with zero attached hydrogens (tertiary/aromatic N) is 3. The maximum absolute atomic E-state index is 5.75. The maximum atomic E-state index is 5.75. The summed E-state index contributed by atoms with van der Waals surface area (Å²) >= 11 is 0. The van der Waals surface area contributed by atoms with Gasteiger partial charge in [0.25, 0.3) is 0 Å². The van der Waals surface area contributed by atoms with Gasteiger partial charge in [0.15, 0.2) is 5.96 Å². The summed E-state index contributed by atoms with van der Waals surface area (Å²) < 4.78 is 13.1. The Morgan fingerprint density at radius 2 is 2.26 bits per heavy atom. The molecule has 2 rings (SSSR count). The molecule has 2 N–H and O–H groups in total. The molecular formula is C20H37N5O2. The summed E-state index contributed by atoms with van der Waals surface area (Å²) in [5, 5.41) is 11.3. The van der Waals surface area contributed by atoms with Gasteiger partial charge in [0.2, 0.25) is 0 Å². The Balaban J connectivity index is 1.73. The van der Waals surface area contributed by atoms with Gasteiger partial charge in [0.05, 0.1) is 18.9 Å². The fourth-order valence-electron chi connectivity index (χ4n) is 3.35. The molecule has 2 heterocycles. The Morgan fingerprint density at radius 3 is 2.89 bits per heavy atom. The van der Waals surface area contributed by atoms with Gasteiger partial charge in [-0.2, -0.15) is 5.10 Å². The zero-order chi connectivity index (χ0) is 19.6. The van der Waals surface area contributed by atoms with Crippen LogP contribution in [0.1, 0.15) is 43.6 Å². The standard InChI is InChI=1S/C20H37N5O2/c1-6-21-20(22-9-7-10-26-13-18-8-11-27-14-18)23-15(2)12-19-16(3)24-25(5)17(19)4/h15,18H,6-14H2,1-5H3,(H2,21,22,23). The highest BCUT2D eigenvalue weighted by Crippen LogP contribution is 2.14. The molecule has 1 aliphatic rings. The van der Waals surface area contributed by atoms with Crippen LogP contribution in [-0.4, -0.2) is 61.3 Å². The van der Waals surface area contributed by atoms with Gasteiger partial charge in [-0.05, 0) is 52.5 Å². The van der Waals surface area contributed by atoms with Crippen molar-refractivity contribution in [1.29, 1.82) is 0 Å². The van der Waals surface area contributed by atoms with Crippen molar-refractivity contribution in [2.75, 3.05) is 39.5 Å². The Bertz CT molecular complexity index is 593. The second-order valence-electron chi connectivity index (χ2n) is 7.44. The van der Waals surface area contributed by atoms with Crippen molar-refractivity contribution in [3.05, 3.63) is 17.0 Å². The molecule has 0 aliphatic carbocycles. The molecule has 1 fully saturated rings. The highest BCUT2D eigenvalue weighted by atomic mass is 16.5. The Hall–Kier alpha value is -1.60. The van der Waals surface area contributed by atoms with Crippen LogP contribution in [0, 0.1) is 19.8 Å². The average Bonchev–Trinajstić information content (AvgIpc) is 3.22. The molecule has 154 valence electrons. The van der Waals surface area contributed by atoms with Crippen LogP contribution < -0.4 is 10.6 Å². The van der Waals surface area contributed by atoms with E-state index in [2.05, 4.69) is 48.4 Å². The molecule has 1 aliphatic heterocycles. The number of ether oxygens (including phenoxy) is 2. The minimum atomic E-state index is 0.281. The van der Waals surface area contributed by atoms with Gasteiger partial charge in [-0.3, -0.25) is 9.67 Å². The zero-order valence-electron chi connectivity index (χ0n) is 17.7. The minimum Gasteiger partial charge on any atom is -0.381 e. The van der Waals surface area contributed by atoms with Gasteiger partial charge in [-0.25, -0.2) is 0 Å². The maximum Gasteiger partial charge on any atom is 0.191 e. The molecule has 2 unspecified atom stereocenters. The third-order valence-electron chi connectivity index (χ3n) is 4.99. The van der Waals surface area contributed by atoms with E-state index in [1.807, 2.05) is 11.7 Å². The Morgan fingerprint density at radius 1 is 1.44 bits per heavy atom. The van der Waals surface area contributed by atoms with E-state index in [0.29, 0.717) is 5.92 Å². The minimum absolute atomic E-state index is 0.281. The summed E-state index contributed by atoms with van der Waals surface area (Å²) in [6, 6.07) is 0.281. The number of aryl methyl sites for hydroxylation is 2. The fraction of sp³-hybridized carbons (Fsp3) is 0.800. The molecule has 0 aromatic carbocycles. The summed E-state index contributed by atoms with van der Waals surface area (Å²) in [5.41, 5.74) is 3.65. The van der Waals surface area contributed by atoms with Crippen LogP contribution in [0.15, 0.2) is 4.99 Å². The summed E-state index contributed by atoms with van der Waals surface area (Å²) in [7, 11) is 2.00. The summed E-state index contributed by atoms with van der Waals surface area (Å²) in [4.78, 5) is 4.68. The molecule has 1 aromatic rings. The first kappa shape index (κ1) is 21.7. The van der Waals surface area contributed by atoms with Crippen LogP contribution in [0.2, 0.25) is 0 Å². The predicted molar refractivity (Wildman–Crippen MR) is 109 cm³/mol. The third kappa shape index (κ3) is 7.14. The first-order chi connectivity index (χ1) is 13.0. The summed E-state index contributed by atoms with van der Waals surface area (Å²) in [6.07, 6.45) is 2.99. The van der Waals surface area contributed by atoms with E-state index in [9.17, 15) is 0 Å². The molecule has 2 atom stereocenters. The summed E-state index contributed by atoms with van der Waals surface area (Å²) in [5.74, 6) is 1.45. The third-order valence-corrected chi connectivity index (χ3v) is 4.99. The molecule has 1 saturated heterocycles. The van der Waals surface area contributed by atoms with Crippen LogP contribution >= 0.6 is 0 Å². The van der Waals surface area contributed by atoms with Crippen molar-refractivity contribution in [1.82, 2.24) is 20.4 Å². The van der Waals surface area contributed by atoms with Gasteiger partial charge >= 0.3 is 0 Å². The monoisotopic (exact) mass is 379 g/mol. The molecule has 1 aromatic heterocycles. The SMILES string of the molecule is CCNC(=NCCCOCC1CCOC1)NC(C)Cc1c(C)nn(C)c1C. The number of hydrogen-bond donors (Lipinski definition) is 2. The highest BCUT2D eigenvalue weighted by molar-refractivity contribution is 5.80. The van der Waals surface area contributed by atoms with Gasteiger partial charge < -0.3 is 20.1 Å². The number of hydrogen-bond acceptors (Lipinski definition) is 4. The molecule has 0 spiro atoms. The van der Waals surface area contributed by atoms with E-state index >= 15 is 0 Å². The van der Waals surface area contributed by atoms with Gasteiger partial charge in [-0.1, -0.05) is 0 Å². The van der Waals surface area contributed by atoms with Crippen molar-refractivity contribution in [3.8, 4) is 0 Å². The van der Waals surface area contributed by atoms with E-state index in [0.717, 1.165) is 70.4 Å². The van der Waals surface area contributed by atoms with E-state index in [1.165, 1.54) is 11.3 Å². The van der Waals surface area contributed by atoms with Crippen molar-refractivity contribution < 1.29 is 9.47 Å². The van der Waals surface area contributed by atoms with Crippen LogP contribution in [0.4, 0.5) is 0 Å². The lowest BCUT2D eigenvalue weighted by Gasteiger charge is -2.18. The fourth-order valence-corrected chi connectivity index (χ4v) is 3.35. The first-order valence-corrected chi connectivity index (χ1v) is 10.2. The van der Waals surface area contributed by atoms with Crippen molar-refractivity contribution in [3.63, 3.8) is 0 Å². The predicted octanol–water partition coefficient (Wildman–Crippen LogP) is 1.97. The van der Waals surface area contributed by atoms with Gasteiger partial charge in [0, 0.05) is 51.0 Å². The van der Waals surface area contributed by atoms with Crippen LogP contribution in [-0.2, 0) is 22.9 Å². The van der Waals surface area contributed by atoms with Crippen LogP contribution in [0.3, 0.4) is 0 Å². The van der Waals surface area contributed by atoms with E-state index < -0.39 is 0 Å². The molecule has 0 saturated carbocycles. The summed E-state index contributed by atoms with van der Waals surface area (Å²) in [6.45, 7) is 13.4. The second-order valence-corrected chi connectivity index (χ2v) is 7.44. The van der Waals surface area contributed by atoms with E-state index in [4.69, 9.17) is 9.47 Å². The largest absolute Gasteiger partial charge is 0.381 e. The zero-order valence-corrected chi connectivity index (χ0v) is 17.7. The van der Waals surface area contributed by atoms with Crippen molar-refractivity contribution in [2.45, 2.75) is 53.0 Å². The highest BCUT2D eigenvalue weighted by Gasteiger charge is 2.15. The second kappa shape index (κ2) is 11.3. The average molecular weight is 380 g/mol. The Kier molecular flexibility index (Phi) is 9.07. The number of rotatable bonds is 10. The lowest BCUT2D eigenvalue weighted by atomic mass is 10.1. The molecular weight excluding hydrogens is 342 g/mol. The van der Waals surface area contributed by atoms with Crippen molar-refractivity contribution in [2.24, 2.45) is 18.0 Å². The van der Waals surface area contributed by atoms with E-state index in [-0.39, 0.29) is 6.04 Å². The lowest BCUT2D eigenvalue weighted by Crippen LogP contribution is -2.43. The number of nitrogens with one attached hydrogen (secondary N) is 2. The quantitative estimate of drug-likeness (QED) is 0.369. The number of guanidine groups is 1. The van der Waals surface area contributed by atoms with Crippen LogP contribution in [0.5, 0.6) is 0 Å². The molecule has 7 nitrogen and oxygen atoms in total.